The first-order chi connectivity index (χ1) is 9.69. The van der Waals surface area contributed by atoms with Crippen molar-refractivity contribution in [3.63, 3.8) is 0 Å². The Balaban J connectivity index is 2.20. The minimum absolute atomic E-state index is 0.000318. The monoisotopic (exact) mass is 298 g/mol. The molecule has 0 bridgehead atoms. The number of nitrogens with one attached hydrogen (secondary N) is 1. The Labute approximate surface area is 122 Å². The topological polar surface area (TPSA) is 55.2 Å². The number of benzene rings is 1. The number of nitro groups is 1. The van der Waals surface area contributed by atoms with E-state index in [0.29, 0.717) is 12.0 Å². The van der Waals surface area contributed by atoms with Crippen LogP contribution in [0, 0.1) is 33.1 Å². The van der Waals surface area contributed by atoms with Crippen LogP contribution in [0.2, 0.25) is 0 Å². The highest BCUT2D eigenvalue weighted by Crippen LogP contribution is 2.40. The van der Waals surface area contributed by atoms with Gasteiger partial charge < -0.3 is 5.32 Å². The largest absolute Gasteiger partial charge is 0.379 e. The van der Waals surface area contributed by atoms with Gasteiger partial charge in [0.1, 0.15) is 5.82 Å². The number of halogens is 2. The molecule has 1 fully saturated rings. The molecule has 1 aromatic carbocycles. The van der Waals surface area contributed by atoms with Crippen molar-refractivity contribution < 1.29 is 13.7 Å². The molecular weight excluding hydrogens is 278 g/mol. The minimum Gasteiger partial charge on any atom is -0.379 e. The zero-order valence-corrected chi connectivity index (χ0v) is 12.5. The van der Waals surface area contributed by atoms with Crippen LogP contribution in [0.3, 0.4) is 0 Å². The Bertz CT molecular complexity index is 561. The van der Waals surface area contributed by atoms with Crippen LogP contribution in [0.4, 0.5) is 20.2 Å². The second-order valence-electron chi connectivity index (χ2n) is 6.68. The molecule has 116 valence electrons. The standard InChI is InChI=1S/C15H20F2N2O2/c1-9-8-15(2,3)5-4-12(9)18-13-7-14(19(20)21)11(17)6-10(13)16/h6-7,9,12,18H,4-5,8H2,1-3H3. The molecule has 1 aliphatic rings. The third-order valence-corrected chi connectivity index (χ3v) is 4.27. The van der Waals surface area contributed by atoms with Crippen molar-refractivity contribution >= 4 is 11.4 Å². The van der Waals surface area contributed by atoms with E-state index in [4.69, 9.17) is 0 Å². The highest BCUT2D eigenvalue weighted by Gasteiger charge is 2.33. The highest BCUT2D eigenvalue weighted by atomic mass is 19.1. The molecule has 2 unspecified atom stereocenters. The molecular formula is C15H20F2N2O2. The maximum atomic E-state index is 13.8. The molecule has 2 rings (SSSR count). The maximum Gasteiger partial charge on any atom is 0.307 e. The average molecular weight is 298 g/mol. The zero-order chi connectivity index (χ0) is 15.8. The van der Waals surface area contributed by atoms with Crippen molar-refractivity contribution in [1.29, 1.82) is 0 Å². The van der Waals surface area contributed by atoms with E-state index in [1.165, 1.54) is 0 Å². The van der Waals surface area contributed by atoms with Crippen molar-refractivity contribution in [2.24, 2.45) is 11.3 Å². The quantitative estimate of drug-likeness (QED) is 0.660. The summed E-state index contributed by atoms with van der Waals surface area (Å²) in [4.78, 5) is 9.90. The normalized spacial score (nSPS) is 24.6. The lowest BCUT2D eigenvalue weighted by Gasteiger charge is -2.40. The summed E-state index contributed by atoms with van der Waals surface area (Å²) in [6, 6.07) is 1.55. The highest BCUT2D eigenvalue weighted by molar-refractivity contribution is 5.53. The molecule has 2 atom stereocenters. The summed E-state index contributed by atoms with van der Waals surface area (Å²) in [7, 11) is 0. The minimum atomic E-state index is -1.15. The van der Waals surface area contributed by atoms with Crippen LogP contribution in [-0.2, 0) is 0 Å². The number of anilines is 1. The maximum absolute atomic E-state index is 13.8. The fourth-order valence-corrected chi connectivity index (χ4v) is 3.15. The van der Waals surface area contributed by atoms with Crippen molar-refractivity contribution in [3.05, 3.63) is 33.9 Å². The Morgan fingerprint density at radius 3 is 2.57 bits per heavy atom. The van der Waals surface area contributed by atoms with Gasteiger partial charge in [-0.3, -0.25) is 10.1 Å². The fraction of sp³-hybridized carbons (Fsp3) is 0.600. The number of nitro benzene ring substituents is 1. The van der Waals surface area contributed by atoms with Crippen LogP contribution in [-0.4, -0.2) is 11.0 Å². The SMILES string of the molecule is CC1CC(C)(C)CCC1Nc1cc([N+](=O)[O-])c(F)cc1F. The Kier molecular flexibility index (Phi) is 4.16. The van der Waals surface area contributed by atoms with Crippen molar-refractivity contribution in [1.82, 2.24) is 0 Å². The summed E-state index contributed by atoms with van der Waals surface area (Å²) in [5.41, 5.74) is -0.451. The fourth-order valence-electron chi connectivity index (χ4n) is 3.15. The first-order valence-corrected chi connectivity index (χ1v) is 7.09. The first kappa shape index (κ1) is 15.7. The molecule has 0 saturated heterocycles. The van der Waals surface area contributed by atoms with Gasteiger partial charge in [-0.1, -0.05) is 20.8 Å². The number of hydrogen-bond donors (Lipinski definition) is 1. The molecule has 4 nitrogen and oxygen atoms in total. The van der Waals surface area contributed by atoms with E-state index < -0.39 is 22.2 Å². The molecule has 1 aliphatic carbocycles. The molecule has 0 spiro atoms. The molecule has 0 aliphatic heterocycles. The van der Waals surface area contributed by atoms with Crippen LogP contribution >= 0.6 is 0 Å². The van der Waals surface area contributed by atoms with E-state index in [0.717, 1.165) is 25.3 Å². The Morgan fingerprint density at radius 2 is 2.00 bits per heavy atom. The van der Waals surface area contributed by atoms with Gasteiger partial charge in [-0.15, -0.1) is 0 Å². The molecule has 0 amide bonds. The van der Waals surface area contributed by atoms with E-state index in [2.05, 4.69) is 26.1 Å². The molecule has 1 aromatic rings. The molecule has 0 radical (unpaired) electrons. The van der Waals surface area contributed by atoms with E-state index in [1.54, 1.807) is 0 Å². The summed E-state index contributed by atoms with van der Waals surface area (Å²) in [5.74, 6) is -1.63. The lowest BCUT2D eigenvalue weighted by molar-refractivity contribution is -0.387. The third kappa shape index (κ3) is 3.49. The van der Waals surface area contributed by atoms with Crippen LogP contribution in [0.15, 0.2) is 12.1 Å². The van der Waals surface area contributed by atoms with Gasteiger partial charge in [0.05, 0.1) is 10.6 Å². The summed E-state index contributed by atoms with van der Waals surface area (Å²) in [5, 5.41) is 13.8. The van der Waals surface area contributed by atoms with E-state index in [9.17, 15) is 18.9 Å². The summed E-state index contributed by atoms with van der Waals surface area (Å²) in [6.07, 6.45) is 2.86. The number of rotatable bonds is 3. The average Bonchev–Trinajstić information content (AvgIpc) is 2.34. The van der Waals surface area contributed by atoms with Crippen LogP contribution < -0.4 is 5.32 Å². The van der Waals surface area contributed by atoms with Gasteiger partial charge in [-0.05, 0) is 30.6 Å². The number of hydrogen-bond acceptors (Lipinski definition) is 3. The summed E-state index contributed by atoms with van der Waals surface area (Å²) >= 11 is 0. The summed E-state index contributed by atoms with van der Waals surface area (Å²) in [6.45, 7) is 6.47. The number of nitrogens with zero attached hydrogens (tertiary/aromatic N) is 1. The van der Waals surface area contributed by atoms with Crippen molar-refractivity contribution in [3.8, 4) is 0 Å². The second kappa shape index (κ2) is 5.58. The van der Waals surface area contributed by atoms with Gasteiger partial charge >= 0.3 is 5.69 Å². The van der Waals surface area contributed by atoms with Gasteiger partial charge in [-0.25, -0.2) is 4.39 Å². The molecule has 0 aromatic heterocycles. The smallest absolute Gasteiger partial charge is 0.307 e. The third-order valence-electron chi connectivity index (χ3n) is 4.27. The predicted molar refractivity (Wildman–Crippen MR) is 77.2 cm³/mol. The molecule has 1 saturated carbocycles. The van der Waals surface area contributed by atoms with Gasteiger partial charge in [-0.2, -0.15) is 4.39 Å². The van der Waals surface area contributed by atoms with E-state index >= 15 is 0 Å². The van der Waals surface area contributed by atoms with Crippen molar-refractivity contribution in [2.45, 2.75) is 46.1 Å². The van der Waals surface area contributed by atoms with Gasteiger partial charge in [0.25, 0.3) is 0 Å². The first-order valence-electron chi connectivity index (χ1n) is 7.09. The Hall–Kier alpha value is -1.72. The molecule has 0 heterocycles. The molecule has 1 N–H and O–H groups in total. The summed E-state index contributed by atoms with van der Waals surface area (Å²) < 4.78 is 27.1. The van der Waals surface area contributed by atoms with Gasteiger partial charge in [0, 0.05) is 18.2 Å². The predicted octanol–water partition coefficient (Wildman–Crippen LogP) is 4.50. The van der Waals surface area contributed by atoms with Crippen molar-refractivity contribution in [2.75, 3.05) is 5.32 Å². The van der Waals surface area contributed by atoms with E-state index in [-0.39, 0.29) is 17.1 Å². The zero-order valence-electron chi connectivity index (χ0n) is 12.5. The molecule has 21 heavy (non-hydrogen) atoms. The molecule has 6 heteroatoms. The lowest BCUT2D eigenvalue weighted by atomic mass is 9.70. The second-order valence-corrected chi connectivity index (χ2v) is 6.68. The van der Waals surface area contributed by atoms with Crippen LogP contribution in [0.5, 0.6) is 0 Å². The van der Waals surface area contributed by atoms with Crippen LogP contribution in [0.1, 0.15) is 40.0 Å². The van der Waals surface area contributed by atoms with Gasteiger partial charge in [0.2, 0.25) is 5.82 Å². The lowest BCUT2D eigenvalue weighted by Crippen LogP contribution is -2.37. The van der Waals surface area contributed by atoms with Crippen LogP contribution in [0.25, 0.3) is 0 Å². The Morgan fingerprint density at radius 1 is 1.33 bits per heavy atom. The van der Waals surface area contributed by atoms with E-state index in [1.807, 2.05) is 0 Å². The van der Waals surface area contributed by atoms with Gasteiger partial charge in [0.15, 0.2) is 0 Å².